The monoisotopic (exact) mass is 670 g/mol. The van der Waals surface area contributed by atoms with Gasteiger partial charge in [0, 0.05) is 5.39 Å². The van der Waals surface area contributed by atoms with Crippen LogP contribution in [-0.2, 0) is 23.4 Å². The number of hydrogen-bond acceptors (Lipinski definition) is 13. The summed E-state index contributed by atoms with van der Waals surface area (Å²) in [5, 5.41) is 26.8. The average Bonchev–Trinajstić information content (AvgIpc) is 3.57. The van der Waals surface area contributed by atoms with Crippen LogP contribution in [0.15, 0.2) is 48.8 Å². The highest BCUT2D eigenvalue weighted by Gasteiger charge is 2.54. The topological polar surface area (TPSA) is 202 Å². The van der Waals surface area contributed by atoms with Crippen molar-refractivity contribution in [3.8, 4) is 11.6 Å². The predicted molar refractivity (Wildman–Crippen MR) is 171 cm³/mol. The normalized spacial score (nSPS) is 25.4. The second-order valence-corrected chi connectivity index (χ2v) is 13.7. The Bertz CT molecular complexity index is 1790. The van der Waals surface area contributed by atoms with Crippen molar-refractivity contribution in [2.75, 3.05) is 19.5 Å². The molecule has 5 N–H and O–H groups in total. The summed E-state index contributed by atoms with van der Waals surface area (Å²) in [6.45, 7) is 2.39. The van der Waals surface area contributed by atoms with E-state index in [2.05, 4.69) is 20.0 Å². The number of imidazole rings is 1. The molecule has 1 aliphatic carbocycles. The Hall–Kier alpha value is -3.85. The van der Waals surface area contributed by atoms with Gasteiger partial charge in [-0.3, -0.25) is 13.9 Å². The first-order valence-electron chi connectivity index (χ1n) is 15.5. The van der Waals surface area contributed by atoms with Crippen LogP contribution >= 0.6 is 7.75 Å². The fourth-order valence-electron chi connectivity index (χ4n) is 6.00. The lowest BCUT2D eigenvalue weighted by Gasteiger charge is -2.28. The minimum absolute atomic E-state index is 0.0945. The van der Waals surface area contributed by atoms with Crippen molar-refractivity contribution in [3.05, 3.63) is 48.8 Å². The number of aliphatic hydroxyl groups is 2. The van der Waals surface area contributed by atoms with E-state index in [9.17, 15) is 19.6 Å². The smallest absolute Gasteiger partial charge is 0.459 e. The number of esters is 1. The zero-order valence-corrected chi connectivity index (χ0v) is 27.2. The van der Waals surface area contributed by atoms with E-state index in [-0.39, 0.29) is 34.8 Å². The molecule has 1 saturated carbocycles. The van der Waals surface area contributed by atoms with E-state index in [1.165, 1.54) is 31.9 Å². The molecule has 6 rings (SSSR count). The van der Waals surface area contributed by atoms with Gasteiger partial charge in [-0.05, 0) is 51.0 Å². The zero-order valence-electron chi connectivity index (χ0n) is 26.3. The molecular formula is C31H39N6O9P. The highest BCUT2D eigenvalue weighted by atomic mass is 31.2. The Kier molecular flexibility index (Phi) is 9.38. The third kappa shape index (κ3) is 6.77. The largest absolute Gasteiger partial charge is 0.479 e. The average molecular weight is 671 g/mol. The van der Waals surface area contributed by atoms with Gasteiger partial charge in [0.05, 0.1) is 20.0 Å². The fourth-order valence-corrected chi connectivity index (χ4v) is 7.52. The highest BCUT2D eigenvalue weighted by Crippen LogP contribution is 2.48. The van der Waals surface area contributed by atoms with Crippen LogP contribution in [0.4, 0.5) is 5.95 Å². The quantitative estimate of drug-likeness (QED) is 0.133. The van der Waals surface area contributed by atoms with Crippen LogP contribution in [0.3, 0.4) is 0 Å². The summed E-state index contributed by atoms with van der Waals surface area (Å²) in [5.74, 6) is -0.312. The molecule has 0 spiro atoms. The number of ether oxygens (including phenoxy) is 3. The van der Waals surface area contributed by atoms with Gasteiger partial charge in [-0.1, -0.05) is 42.8 Å². The third-order valence-electron chi connectivity index (χ3n) is 8.52. The molecule has 252 valence electrons. The number of nitrogens with two attached hydrogens (primary N) is 1. The lowest BCUT2D eigenvalue weighted by molar-refractivity contribution is -0.152. The summed E-state index contributed by atoms with van der Waals surface area (Å²) in [7, 11) is -2.96. The molecule has 15 nitrogen and oxygen atoms in total. The summed E-state index contributed by atoms with van der Waals surface area (Å²) in [5.41, 5.74) is 4.43. The summed E-state index contributed by atoms with van der Waals surface area (Å²) in [4.78, 5) is 25.6. The number of aromatic nitrogens is 4. The summed E-state index contributed by atoms with van der Waals surface area (Å²) < 4.78 is 44.8. The molecule has 2 aromatic heterocycles. The number of anilines is 1. The van der Waals surface area contributed by atoms with E-state index in [0.717, 1.165) is 37.5 Å². The molecule has 6 atom stereocenters. The van der Waals surface area contributed by atoms with Crippen molar-refractivity contribution >= 4 is 41.6 Å². The first-order chi connectivity index (χ1) is 22.5. The van der Waals surface area contributed by atoms with Gasteiger partial charge in [-0.15, -0.1) is 0 Å². The number of carbonyl (C=O) groups is 1. The van der Waals surface area contributed by atoms with Gasteiger partial charge in [0.2, 0.25) is 11.8 Å². The van der Waals surface area contributed by atoms with Crippen LogP contribution < -0.4 is 20.1 Å². The van der Waals surface area contributed by atoms with Crippen LogP contribution in [0, 0.1) is 0 Å². The van der Waals surface area contributed by atoms with Gasteiger partial charge in [-0.25, -0.2) is 9.55 Å². The van der Waals surface area contributed by atoms with Gasteiger partial charge in [0.25, 0.3) is 0 Å². The molecule has 0 bridgehead atoms. The Morgan fingerprint density at radius 2 is 1.94 bits per heavy atom. The van der Waals surface area contributed by atoms with Crippen LogP contribution in [0.5, 0.6) is 11.6 Å². The first kappa shape index (κ1) is 33.1. The first-order valence-corrected chi connectivity index (χ1v) is 17.0. The van der Waals surface area contributed by atoms with E-state index in [0.29, 0.717) is 5.39 Å². The SMILES string of the molecule is COc1nc(N)nc2c1ncn2C1O[C@H](COP(=O)(N[C@@H](C)C(=O)OC2CCCCC2)Oc2cccc3ccccc23)[C@@H](O)[C@@]1(C)O. The molecule has 2 aromatic carbocycles. The number of nitrogens with zero attached hydrogens (tertiary/aromatic N) is 4. The lowest BCUT2D eigenvalue weighted by atomic mass is 9.96. The Morgan fingerprint density at radius 1 is 1.19 bits per heavy atom. The number of fused-ring (bicyclic) bond motifs is 2. The fraction of sp³-hybridized carbons (Fsp3) is 0.484. The van der Waals surface area contributed by atoms with Gasteiger partial charge in [0.15, 0.2) is 17.4 Å². The number of nitrogen functional groups attached to an aromatic ring is 1. The molecule has 3 heterocycles. The molecule has 1 saturated heterocycles. The van der Waals surface area contributed by atoms with E-state index < -0.39 is 50.4 Å². The maximum atomic E-state index is 14.4. The van der Waals surface area contributed by atoms with Crippen molar-refractivity contribution in [3.63, 3.8) is 0 Å². The van der Waals surface area contributed by atoms with Gasteiger partial charge in [-0.2, -0.15) is 15.1 Å². The predicted octanol–water partition coefficient (Wildman–Crippen LogP) is 3.64. The Balaban J connectivity index is 1.24. The van der Waals surface area contributed by atoms with E-state index in [1.54, 1.807) is 12.1 Å². The maximum Gasteiger partial charge on any atom is 0.459 e. The second-order valence-electron chi connectivity index (χ2n) is 12.0. The summed E-state index contributed by atoms with van der Waals surface area (Å²) in [6, 6.07) is 11.6. The number of hydrogen-bond donors (Lipinski definition) is 4. The number of benzene rings is 2. The molecule has 2 unspecified atom stereocenters. The van der Waals surface area contributed by atoms with Crippen molar-refractivity contribution in [1.82, 2.24) is 24.6 Å². The Morgan fingerprint density at radius 3 is 2.70 bits per heavy atom. The van der Waals surface area contributed by atoms with E-state index in [1.807, 2.05) is 30.3 Å². The molecule has 2 fully saturated rings. The molecule has 47 heavy (non-hydrogen) atoms. The lowest BCUT2D eigenvalue weighted by Crippen LogP contribution is -2.44. The number of nitrogens with one attached hydrogen (secondary N) is 1. The van der Waals surface area contributed by atoms with Crippen LogP contribution in [-0.4, -0.2) is 79.4 Å². The number of aliphatic hydroxyl groups excluding tert-OH is 1. The second kappa shape index (κ2) is 13.3. The third-order valence-corrected chi connectivity index (χ3v) is 10.2. The maximum absolute atomic E-state index is 14.4. The molecule has 0 radical (unpaired) electrons. The van der Waals surface area contributed by atoms with Crippen LogP contribution in [0.2, 0.25) is 0 Å². The van der Waals surface area contributed by atoms with Gasteiger partial charge < -0.3 is 34.7 Å². The highest BCUT2D eigenvalue weighted by molar-refractivity contribution is 7.52. The standard InChI is InChI=1S/C31H39N6O9P/c1-18(28(39)44-20-12-5-4-6-13-20)36-47(41,46-22-15-9-11-19-10-7-8-14-21(19)22)43-16-23-25(38)31(2,40)29(45-23)37-17-33-24-26(37)34-30(32)35-27(24)42-3/h7-11,14-15,17-18,20,23,25,29,38,40H,4-6,12-13,16H2,1-3H3,(H,36,41)(H2,32,34,35)/t18-,23+,25+,29?,31+,47?/m0/s1. The molecule has 4 aromatic rings. The number of methoxy groups -OCH3 is 1. The van der Waals surface area contributed by atoms with E-state index >= 15 is 0 Å². The number of carbonyl (C=O) groups excluding carboxylic acids is 1. The van der Waals surface area contributed by atoms with Gasteiger partial charge >= 0.3 is 13.7 Å². The van der Waals surface area contributed by atoms with Crippen molar-refractivity contribution in [1.29, 1.82) is 0 Å². The Labute approximate surface area is 270 Å². The van der Waals surface area contributed by atoms with E-state index in [4.69, 9.17) is 29.0 Å². The molecular weight excluding hydrogens is 631 g/mol. The van der Waals surface area contributed by atoms with Crippen molar-refractivity contribution < 1.29 is 42.8 Å². The van der Waals surface area contributed by atoms with Gasteiger partial charge in [0.1, 0.15) is 35.7 Å². The zero-order chi connectivity index (χ0) is 33.3. The minimum atomic E-state index is -4.36. The summed E-state index contributed by atoms with van der Waals surface area (Å²) in [6.07, 6.45) is 1.79. The molecule has 16 heteroatoms. The van der Waals surface area contributed by atoms with Crippen molar-refractivity contribution in [2.45, 2.75) is 82.1 Å². The molecule has 2 aliphatic rings. The molecule has 1 aliphatic heterocycles. The van der Waals surface area contributed by atoms with Crippen LogP contribution in [0.25, 0.3) is 21.9 Å². The molecule has 0 amide bonds. The van der Waals surface area contributed by atoms with Crippen LogP contribution in [0.1, 0.15) is 52.2 Å². The van der Waals surface area contributed by atoms with Crippen molar-refractivity contribution in [2.24, 2.45) is 0 Å². The summed E-state index contributed by atoms with van der Waals surface area (Å²) >= 11 is 0. The number of rotatable bonds is 11. The minimum Gasteiger partial charge on any atom is -0.479 e.